The number of fused-ring (bicyclic) bond motifs is 1. The molecule has 2 amide bonds. The van der Waals surface area contributed by atoms with E-state index in [0.29, 0.717) is 23.5 Å². The number of carbonyl (C=O) groups is 3. The maximum Gasteiger partial charge on any atom is 0.352 e. The molecule has 3 heterocycles. The summed E-state index contributed by atoms with van der Waals surface area (Å²) in [7, 11) is 0. The van der Waals surface area contributed by atoms with Crippen molar-refractivity contribution >= 4 is 52.6 Å². The Morgan fingerprint density at radius 3 is 2.69 bits per heavy atom. The number of hydrogen-bond donors (Lipinski definition) is 2. The number of aryl methyl sites for hydroxylation is 1. The monoisotopic (exact) mass is 490 g/mol. The van der Waals surface area contributed by atoms with Crippen LogP contribution >= 0.6 is 34.9 Å². The van der Waals surface area contributed by atoms with Crippen LogP contribution in [0.4, 0.5) is 0 Å². The molecule has 3 atom stereocenters. The molecule has 1 aromatic heterocycles. The lowest BCUT2D eigenvalue weighted by Gasteiger charge is -2.49. The second-order valence-electron chi connectivity index (χ2n) is 7.40. The summed E-state index contributed by atoms with van der Waals surface area (Å²) in [6.07, 6.45) is 0.602. The van der Waals surface area contributed by atoms with Crippen molar-refractivity contribution in [2.45, 2.75) is 41.9 Å². The van der Waals surface area contributed by atoms with Gasteiger partial charge in [0.25, 0.3) is 5.91 Å². The number of carboxylic acid groups (broad SMARTS) is 1. The zero-order chi connectivity index (χ0) is 22.8. The molecule has 1 aromatic carbocycles. The Kier molecular flexibility index (Phi) is 6.87. The highest BCUT2D eigenvalue weighted by atomic mass is 32.2. The van der Waals surface area contributed by atoms with Crippen LogP contribution in [0.3, 0.4) is 0 Å². The Hall–Kier alpha value is -2.37. The summed E-state index contributed by atoms with van der Waals surface area (Å²) in [4.78, 5) is 39.1. The van der Waals surface area contributed by atoms with E-state index in [4.69, 9.17) is 0 Å². The fraction of sp³-hybridized carbons (Fsp3) is 0.381. The molecule has 0 radical (unpaired) electrons. The summed E-state index contributed by atoms with van der Waals surface area (Å²) in [5.74, 6) is -1.20. The number of carboxylic acids is 1. The van der Waals surface area contributed by atoms with Gasteiger partial charge in [0, 0.05) is 11.5 Å². The molecule has 168 valence electrons. The lowest BCUT2D eigenvalue weighted by molar-refractivity contribution is -0.150. The molecule has 0 aliphatic carbocycles. The van der Waals surface area contributed by atoms with Gasteiger partial charge in [0.05, 0.1) is 5.92 Å². The minimum atomic E-state index is -1.13. The molecular weight excluding hydrogens is 468 g/mol. The van der Waals surface area contributed by atoms with Crippen molar-refractivity contribution in [3.8, 4) is 0 Å². The maximum absolute atomic E-state index is 12.9. The average Bonchev–Trinajstić information content (AvgIpc) is 3.21. The van der Waals surface area contributed by atoms with Crippen molar-refractivity contribution in [1.82, 2.24) is 20.4 Å². The number of nitrogens with one attached hydrogen (secondary N) is 1. The Morgan fingerprint density at radius 1 is 1.31 bits per heavy atom. The van der Waals surface area contributed by atoms with Gasteiger partial charge in [-0.15, -0.1) is 22.0 Å². The topological polar surface area (TPSA) is 112 Å². The van der Waals surface area contributed by atoms with Crippen molar-refractivity contribution in [3.63, 3.8) is 0 Å². The van der Waals surface area contributed by atoms with Gasteiger partial charge in [0.2, 0.25) is 5.91 Å². The van der Waals surface area contributed by atoms with Gasteiger partial charge in [0.15, 0.2) is 4.34 Å². The lowest BCUT2D eigenvalue weighted by Crippen LogP contribution is -2.70. The van der Waals surface area contributed by atoms with Gasteiger partial charge in [-0.25, -0.2) is 4.79 Å². The van der Waals surface area contributed by atoms with E-state index in [1.807, 2.05) is 44.2 Å². The average molecular weight is 491 g/mol. The van der Waals surface area contributed by atoms with Gasteiger partial charge in [-0.2, -0.15) is 0 Å². The summed E-state index contributed by atoms with van der Waals surface area (Å²) in [5, 5.41) is 21.1. The highest BCUT2D eigenvalue weighted by molar-refractivity contribution is 8.01. The first-order valence-corrected chi connectivity index (χ1v) is 12.9. The minimum absolute atomic E-state index is 0.0214. The van der Waals surface area contributed by atoms with Crippen LogP contribution in [0.25, 0.3) is 0 Å². The van der Waals surface area contributed by atoms with E-state index in [1.165, 1.54) is 39.8 Å². The Morgan fingerprint density at radius 2 is 2.06 bits per heavy atom. The SMILES string of the molecule is CC[C@H](C(=O)N[C@@H]1C(=O)N2C(C(=O)O)=C(CSc3nnc(C)s3)CS[C@@H]12)c1ccccc1. The van der Waals surface area contributed by atoms with E-state index in [-0.39, 0.29) is 23.4 Å². The van der Waals surface area contributed by atoms with Crippen LogP contribution in [0.5, 0.6) is 0 Å². The molecule has 2 aliphatic rings. The minimum Gasteiger partial charge on any atom is -0.477 e. The zero-order valence-electron chi connectivity index (χ0n) is 17.5. The van der Waals surface area contributed by atoms with E-state index in [0.717, 1.165) is 14.9 Å². The van der Waals surface area contributed by atoms with Gasteiger partial charge >= 0.3 is 5.97 Å². The van der Waals surface area contributed by atoms with Crippen LogP contribution in [-0.2, 0) is 14.4 Å². The summed E-state index contributed by atoms with van der Waals surface area (Å²) < 4.78 is 0.762. The molecule has 0 bridgehead atoms. The summed E-state index contributed by atoms with van der Waals surface area (Å²) in [6, 6.07) is 8.72. The fourth-order valence-electron chi connectivity index (χ4n) is 3.79. The fourth-order valence-corrected chi connectivity index (χ4v) is 7.09. The van der Waals surface area contributed by atoms with Gasteiger partial charge in [-0.1, -0.05) is 60.4 Å². The highest BCUT2D eigenvalue weighted by Gasteiger charge is 2.54. The number of thioether (sulfide) groups is 2. The molecule has 2 N–H and O–H groups in total. The van der Waals surface area contributed by atoms with Crippen LogP contribution in [0.15, 0.2) is 45.9 Å². The molecule has 2 aromatic rings. The van der Waals surface area contributed by atoms with Gasteiger partial charge in [-0.05, 0) is 24.5 Å². The van der Waals surface area contributed by atoms with Crippen LogP contribution in [-0.4, -0.2) is 60.9 Å². The zero-order valence-corrected chi connectivity index (χ0v) is 19.9. The van der Waals surface area contributed by atoms with Gasteiger partial charge in [0.1, 0.15) is 22.1 Å². The predicted molar refractivity (Wildman–Crippen MR) is 125 cm³/mol. The largest absolute Gasteiger partial charge is 0.477 e. The van der Waals surface area contributed by atoms with Crippen molar-refractivity contribution in [2.24, 2.45) is 0 Å². The summed E-state index contributed by atoms with van der Waals surface area (Å²) >= 11 is 4.34. The number of aromatic nitrogens is 2. The molecule has 11 heteroatoms. The van der Waals surface area contributed by atoms with Crippen molar-refractivity contribution in [3.05, 3.63) is 52.2 Å². The van der Waals surface area contributed by atoms with Gasteiger partial charge in [-0.3, -0.25) is 14.5 Å². The number of carbonyl (C=O) groups excluding carboxylic acids is 2. The normalized spacial score (nSPS) is 21.1. The van der Waals surface area contributed by atoms with E-state index < -0.39 is 17.4 Å². The quantitative estimate of drug-likeness (QED) is 0.429. The molecule has 32 heavy (non-hydrogen) atoms. The van der Waals surface area contributed by atoms with Crippen molar-refractivity contribution < 1.29 is 19.5 Å². The predicted octanol–water partition coefficient (Wildman–Crippen LogP) is 2.87. The van der Waals surface area contributed by atoms with E-state index in [9.17, 15) is 19.5 Å². The van der Waals surface area contributed by atoms with E-state index in [2.05, 4.69) is 15.5 Å². The van der Waals surface area contributed by atoms with Crippen molar-refractivity contribution in [2.75, 3.05) is 11.5 Å². The number of hydrogen-bond acceptors (Lipinski definition) is 8. The van der Waals surface area contributed by atoms with E-state index >= 15 is 0 Å². The molecule has 1 fully saturated rings. The second kappa shape index (κ2) is 9.63. The van der Waals surface area contributed by atoms with Crippen LogP contribution in [0.2, 0.25) is 0 Å². The molecule has 1 saturated heterocycles. The smallest absolute Gasteiger partial charge is 0.352 e. The molecule has 8 nitrogen and oxygen atoms in total. The number of β-lactam (4-membered cyclic amide) rings is 1. The third-order valence-electron chi connectivity index (χ3n) is 5.35. The Bertz CT molecular complexity index is 1070. The van der Waals surface area contributed by atoms with Crippen LogP contribution in [0.1, 0.15) is 29.8 Å². The molecule has 0 unspecified atom stereocenters. The Balaban J connectivity index is 1.47. The molecule has 2 aliphatic heterocycles. The molecule has 4 rings (SSSR count). The van der Waals surface area contributed by atoms with Crippen molar-refractivity contribution in [1.29, 1.82) is 0 Å². The molecule has 0 spiro atoms. The number of nitrogens with zero attached hydrogens (tertiary/aromatic N) is 3. The molecule has 0 saturated carbocycles. The lowest BCUT2D eigenvalue weighted by atomic mass is 9.94. The van der Waals surface area contributed by atoms with Crippen LogP contribution < -0.4 is 5.32 Å². The third-order valence-corrected chi connectivity index (χ3v) is 8.75. The number of benzene rings is 1. The number of rotatable bonds is 8. The number of aliphatic carboxylic acids is 1. The second-order valence-corrected chi connectivity index (χ2v) is 10.9. The van der Waals surface area contributed by atoms with Crippen LogP contribution in [0, 0.1) is 6.92 Å². The van der Waals surface area contributed by atoms with E-state index in [1.54, 1.807) is 0 Å². The third kappa shape index (κ3) is 4.41. The van der Waals surface area contributed by atoms with Gasteiger partial charge < -0.3 is 10.4 Å². The maximum atomic E-state index is 12.9. The first-order valence-electron chi connectivity index (χ1n) is 10.1. The number of amides is 2. The molecular formula is C21H22N4O4S3. The first kappa shape index (κ1) is 22.8. The standard InChI is InChI=1S/C21H22N4O4S3/c1-3-14(12-7-5-4-6-8-12)17(26)22-15-18(27)25-16(20(28)29)13(9-30-19(15)25)10-31-21-24-23-11(2)32-21/h4-8,14-15,19H,3,9-10H2,1-2H3,(H,22,26)(H,28,29)/t14-,15+,19-/m0/s1. The Labute approximate surface area is 197 Å². The highest BCUT2D eigenvalue weighted by Crippen LogP contribution is 2.42. The summed E-state index contributed by atoms with van der Waals surface area (Å²) in [6.45, 7) is 3.79. The first-order chi connectivity index (χ1) is 15.4. The summed E-state index contributed by atoms with van der Waals surface area (Å²) in [5.41, 5.74) is 1.59.